The van der Waals surface area contributed by atoms with Crippen molar-refractivity contribution in [3.8, 4) is 0 Å². The van der Waals surface area contributed by atoms with Crippen molar-refractivity contribution < 1.29 is 52.4 Å². The Hall–Kier alpha value is -2.99. The fourth-order valence-corrected chi connectivity index (χ4v) is 4.43. The number of halogens is 1. The van der Waals surface area contributed by atoms with Crippen LogP contribution in [0.25, 0.3) is 0 Å². The third kappa shape index (κ3) is 8.02. The third-order valence-electron chi connectivity index (χ3n) is 5.16. The molecule has 36 heavy (non-hydrogen) atoms. The molecule has 6 atom stereocenters. The first-order valence-electron chi connectivity index (χ1n) is 11.0. The van der Waals surface area contributed by atoms with Gasteiger partial charge in [0.2, 0.25) is 0 Å². The lowest BCUT2D eigenvalue weighted by atomic mass is 9.87. The second-order valence-corrected chi connectivity index (χ2v) is 9.11. The van der Waals surface area contributed by atoms with E-state index in [0.29, 0.717) is 11.1 Å². The second-order valence-electron chi connectivity index (χ2n) is 8.19. The van der Waals surface area contributed by atoms with Crippen molar-refractivity contribution >= 4 is 45.8 Å². The van der Waals surface area contributed by atoms with Crippen molar-refractivity contribution in [2.45, 2.75) is 78.2 Å². The summed E-state index contributed by atoms with van der Waals surface area (Å²) in [7, 11) is 0. The maximum absolute atomic E-state index is 12.1. The molecule has 1 saturated heterocycles. The van der Waals surface area contributed by atoms with E-state index in [2.05, 4.69) is 15.9 Å². The third-order valence-corrected chi connectivity index (χ3v) is 5.65. The lowest BCUT2D eigenvalue weighted by molar-refractivity contribution is -0.268. The van der Waals surface area contributed by atoms with Gasteiger partial charge in [0.1, 0.15) is 18.8 Å². The molecule has 1 aliphatic heterocycles. The van der Waals surface area contributed by atoms with Crippen LogP contribution in [0.4, 0.5) is 0 Å². The van der Waals surface area contributed by atoms with Gasteiger partial charge < -0.3 is 28.4 Å². The Balaban J connectivity index is 2.69. The molecule has 11 nitrogen and oxygen atoms in total. The largest absolute Gasteiger partial charge is 0.463 e. The molecule has 0 N–H and O–H groups in total. The van der Waals surface area contributed by atoms with Gasteiger partial charge in [0.05, 0.1) is 0 Å². The van der Waals surface area contributed by atoms with E-state index in [9.17, 15) is 24.0 Å². The zero-order valence-electron chi connectivity index (χ0n) is 20.8. The van der Waals surface area contributed by atoms with E-state index >= 15 is 0 Å². The average molecular weight is 573 g/mol. The van der Waals surface area contributed by atoms with Gasteiger partial charge in [0, 0.05) is 39.1 Å². The summed E-state index contributed by atoms with van der Waals surface area (Å²) in [5, 5.41) is 0. The first-order valence-corrected chi connectivity index (χ1v) is 11.8. The van der Waals surface area contributed by atoms with Crippen LogP contribution in [0.3, 0.4) is 0 Å². The van der Waals surface area contributed by atoms with Gasteiger partial charge in [0.15, 0.2) is 24.4 Å². The van der Waals surface area contributed by atoms with Crippen LogP contribution in [0.1, 0.15) is 51.8 Å². The number of esters is 5. The van der Waals surface area contributed by atoms with Crippen molar-refractivity contribution in [1.82, 2.24) is 0 Å². The highest BCUT2D eigenvalue weighted by atomic mass is 79.9. The van der Waals surface area contributed by atoms with Crippen LogP contribution < -0.4 is 0 Å². The Bertz CT molecular complexity index is 1010. The summed E-state index contributed by atoms with van der Waals surface area (Å²) in [6, 6.07) is 5.21. The highest BCUT2D eigenvalue weighted by Crippen LogP contribution is 2.38. The maximum Gasteiger partial charge on any atom is 0.303 e. The molecule has 0 aliphatic carbocycles. The van der Waals surface area contributed by atoms with Crippen LogP contribution in [0.2, 0.25) is 0 Å². The molecule has 2 rings (SSSR count). The van der Waals surface area contributed by atoms with Gasteiger partial charge in [-0.3, -0.25) is 24.0 Å². The smallest absolute Gasteiger partial charge is 0.303 e. The highest BCUT2D eigenvalue weighted by molar-refractivity contribution is 9.10. The van der Waals surface area contributed by atoms with E-state index in [4.69, 9.17) is 28.4 Å². The number of carbonyl (C=O) groups excluding carboxylic acids is 5. The van der Waals surface area contributed by atoms with Gasteiger partial charge in [-0.05, 0) is 30.2 Å². The van der Waals surface area contributed by atoms with Crippen LogP contribution in [-0.2, 0) is 52.4 Å². The Morgan fingerprint density at radius 2 is 1.39 bits per heavy atom. The average Bonchev–Trinajstić information content (AvgIpc) is 2.73. The Kier molecular flexibility index (Phi) is 10.4. The van der Waals surface area contributed by atoms with Gasteiger partial charge >= 0.3 is 29.8 Å². The van der Waals surface area contributed by atoms with Gasteiger partial charge in [-0.2, -0.15) is 0 Å². The van der Waals surface area contributed by atoms with Crippen LogP contribution in [-0.4, -0.2) is 67.0 Å². The Morgan fingerprint density at radius 3 is 1.89 bits per heavy atom. The number of aryl methyl sites for hydroxylation is 1. The summed E-state index contributed by atoms with van der Waals surface area (Å²) in [5.41, 5.74) is 1.23. The molecular formula is C24H29BrO11. The molecule has 0 radical (unpaired) electrons. The molecule has 1 aromatic rings. The van der Waals surface area contributed by atoms with E-state index in [0.717, 1.165) is 25.2 Å². The molecule has 12 heteroatoms. The molecule has 2 unspecified atom stereocenters. The SMILES string of the molecule is CC(=O)OC[C@H]1O[C@H]([C@H](OC(C)=O)c2ccc(Br)cc2C)C(OC(C)=O)C(OC(C)=O)[C@@H]1OC(C)=O. The summed E-state index contributed by atoms with van der Waals surface area (Å²) >= 11 is 3.39. The van der Waals surface area contributed by atoms with Gasteiger partial charge in [-0.1, -0.05) is 22.0 Å². The molecule has 0 bridgehead atoms. The number of hydrogen-bond donors (Lipinski definition) is 0. The van der Waals surface area contributed by atoms with E-state index in [-0.39, 0.29) is 6.61 Å². The van der Waals surface area contributed by atoms with Crippen molar-refractivity contribution in [3.63, 3.8) is 0 Å². The minimum absolute atomic E-state index is 0.388. The van der Waals surface area contributed by atoms with Crippen molar-refractivity contribution in [3.05, 3.63) is 33.8 Å². The van der Waals surface area contributed by atoms with E-state index in [1.54, 1.807) is 25.1 Å². The Morgan fingerprint density at radius 1 is 0.833 bits per heavy atom. The van der Waals surface area contributed by atoms with E-state index in [1.165, 1.54) is 13.8 Å². The Labute approximate surface area is 216 Å². The lowest BCUT2D eigenvalue weighted by Gasteiger charge is -2.46. The number of hydrogen-bond acceptors (Lipinski definition) is 11. The molecule has 0 spiro atoms. The van der Waals surface area contributed by atoms with Crippen molar-refractivity contribution in [1.29, 1.82) is 0 Å². The summed E-state index contributed by atoms with van der Waals surface area (Å²) in [6.07, 6.45) is -7.59. The second kappa shape index (κ2) is 12.8. The fraction of sp³-hybridized carbons (Fsp3) is 0.542. The van der Waals surface area contributed by atoms with Crippen LogP contribution in [0.15, 0.2) is 22.7 Å². The predicted molar refractivity (Wildman–Crippen MR) is 125 cm³/mol. The normalized spacial score (nSPS) is 24.1. The molecule has 0 amide bonds. The fourth-order valence-electron chi connectivity index (χ4n) is 3.95. The predicted octanol–water partition coefficient (Wildman–Crippen LogP) is 2.49. The topological polar surface area (TPSA) is 141 Å². The van der Waals surface area contributed by atoms with Crippen LogP contribution in [0.5, 0.6) is 0 Å². The number of ether oxygens (including phenoxy) is 6. The zero-order valence-corrected chi connectivity index (χ0v) is 22.4. The standard InChI is InChI=1S/C24H29BrO11/c1-11-9-17(25)7-8-18(11)20(32-13(3)27)22-24(35-16(6)30)23(34-15(5)29)21(33-14(4)28)19(36-22)10-31-12(2)26/h7-9,19-24H,10H2,1-6H3/t19-,20-,21-,22-,23?,24?/m1/s1. The maximum atomic E-state index is 12.1. The van der Waals surface area contributed by atoms with Gasteiger partial charge in [-0.15, -0.1) is 0 Å². The van der Waals surface area contributed by atoms with E-state index < -0.39 is 66.5 Å². The molecule has 198 valence electrons. The molecule has 1 aromatic carbocycles. The number of carbonyl (C=O) groups is 5. The van der Waals surface area contributed by atoms with Crippen LogP contribution in [0, 0.1) is 6.92 Å². The van der Waals surface area contributed by atoms with E-state index in [1.807, 2.05) is 0 Å². The number of benzene rings is 1. The van der Waals surface area contributed by atoms with Gasteiger partial charge in [0.25, 0.3) is 0 Å². The van der Waals surface area contributed by atoms with Crippen molar-refractivity contribution in [2.24, 2.45) is 0 Å². The van der Waals surface area contributed by atoms with Gasteiger partial charge in [-0.25, -0.2) is 0 Å². The van der Waals surface area contributed by atoms with Crippen LogP contribution >= 0.6 is 15.9 Å². The molecule has 1 heterocycles. The lowest BCUT2D eigenvalue weighted by Crippen LogP contribution is -2.63. The summed E-state index contributed by atoms with van der Waals surface area (Å²) in [5.74, 6) is -3.54. The molecule has 1 fully saturated rings. The molecule has 0 saturated carbocycles. The first kappa shape index (κ1) is 29.2. The molecule has 1 aliphatic rings. The summed E-state index contributed by atoms with van der Waals surface area (Å²) < 4.78 is 34.0. The summed E-state index contributed by atoms with van der Waals surface area (Å²) in [6.45, 7) is 7.17. The molecular weight excluding hydrogens is 544 g/mol. The van der Waals surface area contributed by atoms with Crippen molar-refractivity contribution in [2.75, 3.05) is 6.61 Å². The number of rotatable bonds is 8. The quantitative estimate of drug-likeness (QED) is 0.335. The zero-order chi connectivity index (χ0) is 27.2. The highest BCUT2D eigenvalue weighted by Gasteiger charge is 2.55. The summed E-state index contributed by atoms with van der Waals surface area (Å²) in [4.78, 5) is 59.7. The minimum atomic E-state index is -1.37. The first-order chi connectivity index (χ1) is 16.8. The monoisotopic (exact) mass is 572 g/mol. The minimum Gasteiger partial charge on any atom is -0.463 e. The molecule has 0 aromatic heterocycles.